The van der Waals surface area contributed by atoms with Crippen molar-refractivity contribution in [3.8, 4) is 56.4 Å². The quantitative estimate of drug-likeness (QED) is 0.192. The second kappa shape index (κ2) is 11.6. The second-order valence-corrected chi connectivity index (χ2v) is 14.2. The number of aromatic nitrogens is 4. The van der Waals surface area contributed by atoms with Gasteiger partial charge in [-0.15, -0.1) is 0 Å². The van der Waals surface area contributed by atoms with Crippen LogP contribution in [0, 0.1) is 0 Å². The number of benzene rings is 5. The van der Waals surface area contributed by atoms with Crippen molar-refractivity contribution in [2.24, 2.45) is 0 Å². The third-order valence-corrected chi connectivity index (χ3v) is 10.1. The van der Waals surface area contributed by atoms with Gasteiger partial charge in [0.15, 0.2) is 17.5 Å². The molecule has 0 saturated carbocycles. The Morgan fingerprint density at radius 2 is 0.958 bits per heavy atom. The second-order valence-electron chi connectivity index (χ2n) is 14.2. The highest BCUT2D eigenvalue weighted by molar-refractivity contribution is 5.93. The van der Waals surface area contributed by atoms with Crippen LogP contribution in [0.3, 0.4) is 0 Å². The first-order chi connectivity index (χ1) is 23.2. The molecule has 0 N–H and O–H groups in total. The molecule has 0 amide bonds. The van der Waals surface area contributed by atoms with Crippen LogP contribution in [0.4, 0.5) is 0 Å². The molecular weight excluding hydrogens is 585 g/mol. The standard InChI is InChI=1S/C44H38N4/c1-43(2)25-26-44(3,4)38-28-35(23-24-37(38)43)29-15-19-33(20-16-29)41-46-40(32-10-6-5-7-11-32)47-42(48-41)34-21-17-30(18-22-34)36-14-8-12-31-13-9-27-45-39(31)36/h5-24,27-28H,25-26H2,1-4H3. The first kappa shape index (κ1) is 29.9. The Hall–Kier alpha value is -5.48. The Labute approximate surface area is 282 Å². The van der Waals surface area contributed by atoms with E-state index in [9.17, 15) is 0 Å². The molecule has 1 aliphatic rings. The average molecular weight is 623 g/mol. The molecule has 0 unspecified atom stereocenters. The van der Waals surface area contributed by atoms with Crippen molar-refractivity contribution in [2.75, 3.05) is 0 Å². The highest BCUT2D eigenvalue weighted by atomic mass is 15.0. The van der Waals surface area contributed by atoms with Gasteiger partial charge in [0.05, 0.1) is 5.52 Å². The predicted molar refractivity (Wildman–Crippen MR) is 198 cm³/mol. The third-order valence-electron chi connectivity index (χ3n) is 10.1. The monoisotopic (exact) mass is 622 g/mol. The van der Waals surface area contributed by atoms with Crippen molar-refractivity contribution >= 4 is 10.9 Å². The number of fused-ring (bicyclic) bond motifs is 2. The predicted octanol–water partition coefficient (Wildman–Crippen LogP) is 11.1. The van der Waals surface area contributed by atoms with Crippen molar-refractivity contribution in [1.29, 1.82) is 0 Å². The van der Waals surface area contributed by atoms with Crippen molar-refractivity contribution in [1.82, 2.24) is 19.9 Å². The lowest BCUT2D eigenvalue weighted by Crippen LogP contribution is -2.33. The molecule has 8 rings (SSSR count). The Kier molecular flexibility index (Phi) is 7.25. The summed E-state index contributed by atoms with van der Waals surface area (Å²) in [4.78, 5) is 19.6. The lowest BCUT2D eigenvalue weighted by atomic mass is 9.63. The SMILES string of the molecule is CC1(C)CCC(C)(C)c2cc(-c3ccc(-c4nc(-c5ccccc5)nc(-c5ccc(-c6cccc7cccnc67)cc5)n4)cc3)ccc21. The fourth-order valence-electron chi connectivity index (χ4n) is 7.07. The molecule has 234 valence electrons. The summed E-state index contributed by atoms with van der Waals surface area (Å²) in [6.45, 7) is 9.51. The highest BCUT2D eigenvalue weighted by Gasteiger charge is 2.37. The molecule has 0 spiro atoms. The summed E-state index contributed by atoms with van der Waals surface area (Å²) in [7, 11) is 0. The fraction of sp³-hybridized carbons (Fsp3) is 0.182. The lowest BCUT2D eigenvalue weighted by Gasteiger charge is -2.42. The van der Waals surface area contributed by atoms with Crippen molar-refractivity contribution < 1.29 is 0 Å². The Bertz CT molecular complexity index is 2260. The molecule has 4 heteroatoms. The van der Waals surface area contributed by atoms with Gasteiger partial charge in [-0.2, -0.15) is 0 Å². The van der Waals surface area contributed by atoms with E-state index in [4.69, 9.17) is 15.0 Å². The van der Waals surface area contributed by atoms with E-state index in [1.165, 1.54) is 35.1 Å². The van der Waals surface area contributed by atoms with Gasteiger partial charge >= 0.3 is 0 Å². The highest BCUT2D eigenvalue weighted by Crippen LogP contribution is 2.47. The molecule has 1 aliphatic carbocycles. The Morgan fingerprint density at radius 1 is 0.438 bits per heavy atom. The molecule has 0 radical (unpaired) electrons. The van der Waals surface area contributed by atoms with E-state index in [1.807, 2.05) is 42.6 Å². The van der Waals surface area contributed by atoms with E-state index in [1.54, 1.807) is 0 Å². The van der Waals surface area contributed by atoms with Crippen LogP contribution < -0.4 is 0 Å². The van der Waals surface area contributed by atoms with Gasteiger partial charge in [0.2, 0.25) is 0 Å². The smallest absolute Gasteiger partial charge is 0.164 e. The maximum Gasteiger partial charge on any atom is 0.164 e. The van der Waals surface area contributed by atoms with E-state index in [0.717, 1.165) is 38.7 Å². The molecule has 2 aromatic heterocycles. The van der Waals surface area contributed by atoms with Crippen molar-refractivity contribution in [3.05, 3.63) is 145 Å². The number of nitrogens with zero attached hydrogens (tertiary/aromatic N) is 4. The minimum Gasteiger partial charge on any atom is -0.256 e. The molecule has 5 aromatic carbocycles. The van der Waals surface area contributed by atoms with Gasteiger partial charge in [-0.1, -0.05) is 149 Å². The number of hydrogen-bond donors (Lipinski definition) is 0. The molecule has 4 nitrogen and oxygen atoms in total. The Balaban J connectivity index is 1.16. The maximum absolute atomic E-state index is 5.01. The summed E-state index contributed by atoms with van der Waals surface area (Å²) < 4.78 is 0. The summed E-state index contributed by atoms with van der Waals surface area (Å²) in [5.74, 6) is 1.95. The average Bonchev–Trinajstić information content (AvgIpc) is 3.13. The third kappa shape index (κ3) is 5.47. The number of para-hydroxylation sites is 1. The summed E-state index contributed by atoms with van der Waals surface area (Å²) in [5.41, 5.74) is 11.8. The van der Waals surface area contributed by atoms with Crippen LogP contribution in [-0.2, 0) is 10.8 Å². The lowest BCUT2D eigenvalue weighted by molar-refractivity contribution is 0.332. The van der Waals surface area contributed by atoms with E-state index in [2.05, 4.69) is 124 Å². The van der Waals surface area contributed by atoms with Gasteiger partial charge in [0, 0.05) is 33.8 Å². The van der Waals surface area contributed by atoms with Gasteiger partial charge in [-0.25, -0.2) is 15.0 Å². The first-order valence-corrected chi connectivity index (χ1v) is 16.8. The number of pyridine rings is 1. The maximum atomic E-state index is 5.01. The molecule has 48 heavy (non-hydrogen) atoms. The number of rotatable bonds is 5. The van der Waals surface area contributed by atoms with Gasteiger partial charge in [0.1, 0.15) is 0 Å². The zero-order valence-electron chi connectivity index (χ0n) is 27.9. The minimum absolute atomic E-state index is 0.167. The Morgan fingerprint density at radius 3 is 1.60 bits per heavy atom. The molecule has 0 saturated heterocycles. The van der Waals surface area contributed by atoms with Crippen LogP contribution >= 0.6 is 0 Å². The van der Waals surface area contributed by atoms with E-state index < -0.39 is 0 Å². The molecule has 0 aliphatic heterocycles. The zero-order valence-corrected chi connectivity index (χ0v) is 27.9. The van der Waals surface area contributed by atoms with Crippen LogP contribution in [0.25, 0.3) is 67.3 Å². The van der Waals surface area contributed by atoms with Crippen molar-refractivity contribution in [2.45, 2.75) is 51.4 Å². The van der Waals surface area contributed by atoms with Crippen LogP contribution in [0.5, 0.6) is 0 Å². The van der Waals surface area contributed by atoms with Crippen LogP contribution in [-0.4, -0.2) is 19.9 Å². The first-order valence-electron chi connectivity index (χ1n) is 16.8. The van der Waals surface area contributed by atoms with Crippen LogP contribution in [0.2, 0.25) is 0 Å². The van der Waals surface area contributed by atoms with Gasteiger partial charge in [-0.05, 0) is 57.6 Å². The molecule has 0 fully saturated rings. The van der Waals surface area contributed by atoms with Crippen LogP contribution in [0.15, 0.2) is 134 Å². The largest absolute Gasteiger partial charge is 0.256 e. The summed E-state index contributed by atoms with van der Waals surface area (Å²) in [5, 5.41) is 1.12. The fourth-order valence-corrected chi connectivity index (χ4v) is 7.07. The van der Waals surface area contributed by atoms with Gasteiger partial charge in [0.25, 0.3) is 0 Å². The van der Waals surface area contributed by atoms with E-state index >= 15 is 0 Å². The molecule has 0 atom stereocenters. The van der Waals surface area contributed by atoms with E-state index in [0.29, 0.717) is 17.5 Å². The number of hydrogen-bond acceptors (Lipinski definition) is 4. The zero-order chi connectivity index (χ0) is 32.9. The normalized spacial score (nSPS) is 14.8. The van der Waals surface area contributed by atoms with Crippen molar-refractivity contribution in [3.63, 3.8) is 0 Å². The molecule has 0 bridgehead atoms. The molecule has 7 aromatic rings. The van der Waals surface area contributed by atoms with Gasteiger partial charge in [-0.3, -0.25) is 4.98 Å². The minimum atomic E-state index is 0.167. The topological polar surface area (TPSA) is 51.6 Å². The van der Waals surface area contributed by atoms with Crippen LogP contribution in [0.1, 0.15) is 51.7 Å². The van der Waals surface area contributed by atoms with E-state index in [-0.39, 0.29) is 10.8 Å². The molecular formula is C44H38N4. The molecule has 2 heterocycles. The summed E-state index contributed by atoms with van der Waals surface area (Å²) in [6, 6.07) is 44.6. The summed E-state index contributed by atoms with van der Waals surface area (Å²) >= 11 is 0. The summed E-state index contributed by atoms with van der Waals surface area (Å²) in [6.07, 6.45) is 4.26. The van der Waals surface area contributed by atoms with Gasteiger partial charge < -0.3 is 0 Å².